The quantitative estimate of drug-likeness (QED) is 0.780. The average Bonchev–Trinajstić information content (AvgIpc) is 2.64. The van der Waals surface area contributed by atoms with E-state index in [2.05, 4.69) is 5.10 Å². The van der Waals surface area contributed by atoms with Gasteiger partial charge >= 0.3 is 0 Å². The van der Waals surface area contributed by atoms with Crippen LogP contribution in [0, 0.1) is 11.6 Å². The van der Waals surface area contributed by atoms with Crippen LogP contribution in [0.3, 0.4) is 0 Å². The molecule has 2 aromatic rings. The molecule has 0 aliphatic rings. The molecule has 1 aromatic carbocycles. The minimum atomic E-state index is -0.832. The first-order valence-electron chi connectivity index (χ1n) is 5.48. The summed E-state index contributed by atoms with van der Waals surface area (Å²) >= 11 is 0. The third-order valence-corrected chi connectivity index (χ3v) is 2.65. The van der Waals surface area contributed by atoms with Gasteiger partial charge in [0.2, 0.25) is 0 Å². The summed E-state index contributed by atoms with van der Waals surface area (Å²) in [6, 6.07) is 4.19. The highest BCUT2D eigenvalue weighted by Crippen LogP contribution is 2.30. The van der Waals surface area contributed by atoms with E-state index in [1.807, 2.05) is 13.8 Å². The van der Waals surface area contributed by atoms with Crippen molar-refractivity contribution < 1.29 is 8.78 Å². The van der Waals surface area contributed by atoms with Crippen molar-refractivity contribution in [2.75, 3.05) is 0 Å². The molecule has 0 aliphatic carbocycles. The fourth-order valence-corrected chi connectivity index (χ4v) is 1.85. The van der Waals surface area contributed by atoms with Gasteiger partial charge in [0, 0.05) is 24.4 Å². The van der Waals surface area contributed by atoms with Gasteiger partial charge < -0.3 is 0 Å². The van der Waals surface area contributed by atoms with Crippen LogP contribution in [0.15, 0.2) is 24.4 Å². The van der Waals surface area contributed by atoms with Crippen LogP contribution < -0.4 is 0 Å². The molecule has 2 nitrogen and oxygen atoms in total. The van der Waals surface area contributed by atoms with Crippen molar-refractivity contribution in [3.63, 3.8) is 0 Å². The van der Waals surface area contributed by atoms with Crippen LogP contribution in [0.5, 0.6) is 0 Å². The van der Waals surface area contributed by atoms with Gasteiger partial charge in [0.05, 0.1) is 5.69 Å². The largest absolute Gasteiger partial charge is 0.275 e. The van der Waals surface area contributed by atoms with E-state index in [0.29, 0.717) is 5.56 Å². The number of benzene rings is 1. The van der Waals surface area contributed by atoms with Crippen LogP contribution in [0.1, 0.15) is 25.5 Å². The Labute approximate surface area is 98.9 Å². The van der Waals surface area contributed by atoms with E-state index < -0.39 is 11.6 Å². The molecule has 0 aliphatic heterocycles. The van der Waals surface area contributed by atoms with Crippen molar-refractivity contribution in [2.45, 2.75) is 19.8 Å². The monoisotopic (exact) mass is 236 g/mol. The second-order valence-electron chi connectivity index (χ2n) is 4.36. The van der Waals surface area contributed by atoms with Gasteiger partial charge in [-0.05, 0) is 12.0 Å². The van der Waals surface area contributed by atoms with Gasteiger partial charge in [-0.3, -0.25) is 4.68 Å². The molecule has 4 heteroatoms. The Morgan fingerprint density at radius 2 is 1.88 bits per heavy atom. The molecule has 0 saturated carbocycles. The van der Waals surface area contributed by atoms with E-state index in [4.69, 9.17) is 0 Å². The normalized spacial score (nSPS) is 11.2. The van der Waals surface area contributed by atoms with Gasteiger partial charge in [0.1, 0.15) is 0 Å². The molecular formula is C13H14F2N2. The summed E-state index contributed by atoms with van der Waals surface area (Å²) in [5, 5.41) is 4.28. The van der Waals surface area contributed by atoms with Crippen LogP contribution >= 0.6 is 0 Å². The molecule has 0 N–H and O–H groups in total. The molecule has 0 fully saturated rings. The van der Waals surface area contributed by atoms with E-state index in [-0.39, 0.29) is 11.5 Å². The number of aromatic nitrogens is 2. The van der Waals surface area contributed by atoms with E-state index in [1.165, 1.54) is 6.07 Å². The van der Waals surface area contributed by atoms with Gasteiger partial charge in [0.15, 0.2) is 11.6 Å². The highest BCUT2D eigenvalue weighted by molar-refractivity contribution is 5.66. The average molecular weight is 236 g/mol. The summed E-state index contributed by atoms with van der Waals surface area (Å²) < 4.78 is 28.6. The predicted molar refractivity (Wildman–Crippen MR) is 62.6 cm³/mol. The molecule has 90 valence electrons. The minimum Gasteiger partial charge on any atom is -0.275 e. The van der Waals surface area contributed by atoms with Crippen molar-refractivity contribution in [2.24, 2.45) is 7.05 Å². The molecular weight excluding hydrogens is 222 g/mol. The first-order valence-corrected chi connectivity index (χ1v) is 5.48. The van der Waals surface area contributed by atoms with Crippen molar-refractivity contribution in [3.8, 4) is 11.1 Å². The summed E-state index contributed by atoms with van der Waals surface area (Å²) in [6.07, 6.45) is 1.72. The number of rotatable bonds is 2. The highest BCUT2D eigenvalue weighted by atomic mass is 19.2. The summed E-state index contributed by atoms with van der Waals surface area (Å²) in [7, 11) is 1.77. The minimum absolute atomic E-state index is 0.161. The fourth-order valence-electron chi connectivity index (χ4n) is 1.85. The van der Waals surface area contributed by atoms with Gasteiger partial charge in [-0.2, -0.15) is 5.10 Å². The number of hydrogen-bond acceptors (Lipinski definition) is 1. The molecule has 2 rings (SSSR count). The second-order valence-corrected chi connectivity index (χ2v) is 4.36. The molecule has 1 aromatic heterocycles. The topological polar surface area (TPSA) is 17.8 Å². The van der Waals surface area contributed by atoms with Crippen molar-refractivity contribution in [3.05, 3.63) is 41.7 Å². The molecule has 1 heterocycles. The van der Waals surface area contributed by atoms with Crippen LogP contribution in [-0.4, -0.2) is 9.78 Å². The molecule has 0 spiro atoms. The van der Waals surface area contributed by atoms with E-state index in [9.17, 15) is 8.78 Å². The maximum absolute atomic E-state index is 13.7. The summed E-state index contributed by atoms with van der Waals surface area (Å²) in [5.74, 6) is -1.49. The summed E-state index contributed by atoms with van der Waals surface area (Å²) in [5.41, 5.74) is 1.69. The fraction of sp³-hybridized carbons (Fsp3) is 0.308. The Morgan fingerprint density at radius 1 is 1.18 bits per heavy atom. The third-order valence-electron chi connectivity index (χ3n) is 2.65. The van der Waals surface area contributed by atoms with Crippen LogP contribution in [0.4, 0.5) is 8.78 Å². The Bertz CT molecular complexity index is 544. The van der Waals surface area contributed by atoms with Crippen LogP contribution in [0.2, 0.25) is 0 Å². The van der Waals surface area contributed by atoms with Gasteiger partial charge in [-0.15, -0.1) is 0 Å². The zero-order chi connectivity index (χ0) is 12.6. The summed E-state index contributed by atoms with van der Waals surface area (Å²) in [6.45, 7) is 3.95. The molecule has 0 bridgehead atoms. The standard InChI is InChI=1S/C13H14F2N2/c1-8(2)13-10(7-17(3)16-13)9-5-4-6-11(14)12(9)15/h4-8H,1-3H3. The van der Waals surface area contributed by atoms with Gasteiger partial charge in [-0.1, -0.05) is 26.0 Å². The van der Waals surface area contributed by atoms with Crippen LogP contribution in [0.25, 0.3) is 11.1 Å². The lowest BCUT2D eigenvalue weighted by Crippen LogP contribution is -1.95. The Kier molecular flexibility index (Phi) is 2.96. The van der Waals surface area contributed by atoms with Crippen molar-refractivity contribution in [1.82, 2.24) is 9.78 Å². The molecule has 0 amide bonds. The lowest BCUT2D eigenvalue weighted by atomic mass is 10.00. The molecule has 17 heavy (non-hydrogen) atoms. The van der Waals surface area contributed by atoms with Gasteiger partial charge in [-0.25, -0.2) is 8.78 Å². The third kappa shape index (κ3) is 2.07. The molecule has 0 saturated heterocycles. The van der Waals surface area contributed by atoms with E-state index in [0.717, 1.165) is 11.8 Å². The SMILES string of the molecule is CC(C)c1nn(C)cc1-c1cccc(F)c1F. The zero-order valence-corrected chi connectivity index (χ0v) is 10.0. The predicted octanol–water partition coefficient (Wildman–Crippen LogP) is 3.49. The van der Waals surface area contributed by atoms with Crippen molar-refractivity contribution in [1.29, 1.82) is 0 Å². The number of halogens is 2. The van der Waals surface area contributed by atoms with E-state index in [1.54, 1.807) is 24.0 Å². The Morgan fingerprint density at radius 3 is 2.53 bits per heavy atom. The van der Waals surface area contributed by atoms with Crippen molar-refractivity contribution >= 4 is 0 Å². The first-order chi connectivity index (χ1) is 8.00. The molecule has 0 atom stereocenters. The smallest absolute Gasteiger partial charge is 0.166 e. The lowest BCUT2D eigenvalue weighted by Gasteiger charge is -2.06. The lowest BCUT2D eigenvalue weighted by molar-refractivity contribution is 0.511. The maximum Gasteiger partial charge on any atom is 0.166 e. The Balaban J connectivity index is 2.64. The zero-order valence-electron chi connectivity index (χ0n) is 10.0. The second kappa shape index (κ2) is 4.28. The number of aryl methyl sites for hydroxylation is 1. The number of nitrogens with zero attached hydrogens (tertiary/aromatic N) is 2. The van der Waals surface area contributed by atoms with Crippen LogP contribution in [-0.2, 0) is 7.05 Å². The first kappa shape index (κ1) is 11.8. The van der Waals surface area contributed by atoms with Gasteiger partial charge in [0.25, 0.3) is 0 Å². The molecule has 0 unspecified atom stereocenters. The highest BCUT2D eigenvalue weighted by Gasteiger charge is 2.17. The maximum atomic E-state index is 13.7. The Hall–Kier alpha value is -1.71. The summed E-state index contributed by atoms with van der Waals surface area (Å²) in [4.78, 5) is 0. The van der Waals surface area contributed by atoms with E-state index >= 15 is 0 Å². The number of hydrogen-bond donors (Lipinski definition) is 0. The molecule has 0 radical (unpaired) electrons.